The fraction of sp³-hybridized carbons (Fsp3) is 0.941. The Labute approximate surface area is 136 Å². The molecule has 2 saturated heterocycles. The van der Waals surface area contributed by atoms with Crippen molar-refractivity contribution >= 4 is 5.96 Å². The minimum absolute atomic E-state index is 0.358. The first-order valence-corrected chi connectivity index (χ1v) is 8.73. The summed E-state index contributed by atoms with van der Waals surface area (Å²) in [6, 6.07) is 0. The second-order valence-corrected chi connectivity index (χ2v) is 7.68. The number of ether oxygens (including phenoxy) is 1. The van der Waals surface area contributed by atoms with Gasteiger partial charge in [0.15, 0.2) is 5.96 Å². The highest BCUT2D eigenvalue weighted by molar-refractivity contribution is 5.80. The first-order valence-electron chi connectivity index (χ1n) is 8.73. The van der Waals surface area contributed by atoms with Crippen LogP contribution in [0.1, 0.15) is 40.5 Å². The van der Waals surface area contributed by atoms with Gasteiger partial charge in [0.1, 0.15) is 0 Å². The average molecular weight is 310 g/mol. The molecule has 0 aromatic heterocycles. The lowest BCUT2D eigenvalue weighted by atomic mass is 9.93. The molecule has 22 heavy (non-hydrogen) atoms. The van der Waals surface area contributed by atoms with Crippen molar-refractivity contribution in [2.45, 2.75) is 52.7 Å². The number of rotatable bonds is 4. The van der Waals surface area contributed by atoms with Gasteiger partial charge in [0, 0.05) is 46.3 Å². The van der Waals surface area contributed by atoms with Gasteiger partial charge >= 0.3 is 0 Å². The van der Waals surface area contributed by atoms with E-state index in [4.69, 9.17) is 4.74 Å². The molecular formula is C17H34N4O. The highest BCUT2D eigenvalue weighted by Crippen LogP contribution is 2.28. The molecule has 0 saturated carbocycles. The quantitative estimate of drug-likeness (QED) is 0.488. The van der Waals surface area contributed by atoms with Crippen LogP contribution in [0.25, 0.3) is 0 Å². The number of guanidine groups is 1. The topological polar surface area (TPSA) is 40.1 Å². The number of likely N-dealkylation sites (tertiary alicyclic amines) is 1. The van der Waals surface area contributed by atoms with E-state index in [1.165, 1.54) is 6.42 Å². The van der Waals surface area contributed by atoms with Crippen LogP contribution in [0.2, 0.25) is 0 Å². The summed E-state index contributed by atoms with van der Waals surface area (Å²) in [5.74, 6) is 1.06. The largest absolute Gasteiger partial charge is 0.373 e. The molecule has 2 heterocycles. The Bertz CT molecular complexity index is 373. The second kappa shape index (κ2) is 7.64. The summed E-state index contributed by atoms with van der Waals surface area (Å²) in [5.41, 5.74) is 0.414. The minimum Gasteiger partial charge on any atom is -0.373 e. The molecule has 1 N–H and O–H groups in total. The van der Waals surface area contributed by atoms with Gasteiger partial charge in [0.05, 0.1) is 12.2 Å². The molecular weight excluding hydrogens is 276 g/mol. The van der Waals surface area contributed by atoms with Gasteiger partial charge in [0.25, 0.3) is 0 Å². The van der Waals surface area contributed by atoms with Crippen LogP contribution in [0, 0.1) is 5.41 Å². The smallest absolute Gasteiger partial charge is 0.193 e. The van der Waals surface area contributed by atoms with Gasteiger partial charge in [-0.2, -0.15) is 0 Å². The maximum atomic E-state index is 5.78. The van der Waals surface area contributed by atoms with Gasteiger partial charge in [-0.15, -0.1) is 0 Å². The van der Waals surface area contributed by atoms with Crippen molar-refractivity contribution in [3.8, 4) is 0 Å². The Balaban J connectivity index is 1.67. The Morgan fingerprint density at radius 2 is 1.95 bits per heavy atom. The third kappa shape index (κ3) is 5.13. The Hall–Kier alpha value is -0.810. The predicted octanol–water partition coefficient (Wildman–Crippen LogP) is 1.79. The average Bonchev–Trinajstić information content (AvgIpc) is 2.78. The number of aliphatic imine (C=N–C) groups is 1. The lowest BCUT2D eigenvalue weighted by molar-refractivity contribution is -0.0679. The molecule has 0 aromatic rings. The third-order valence-corrected chi connectivity index (χ3v) is 4.62. The maximum absolute atomic E-state index is 5.78. The maximum Gasteiger partial charge on any atom is 0.193 e. The van der Waals surface area contributed by atoms with Gasteiger partial charge < -0.3 is 15.0 Å². The van der Waals surface area contributed by atoms with Crippen molar-refractivity contribution < 1.29 is 4.74 Å². The van der Waals surface area contributed by atoms with Gasteiger partial charge in [0.2, 0.25) is 0 Å². The van der Waals surface area contributed by atoms with Crippen molar-refractivity contribution in [3.05, 3.63) is 0 Å². The van der Waals surface area contributed by atoms with Crippen molar-refractivity contribution in [2.24, 2.45) is 10.4 Å². The molecule has 2 fully saturated rings. The molecule has 0 aromatic carbocycles. The summed E-state index contributed by atoms with van der Waals surface area (Å²) in [6.07, 6.45) is 3.11. The highest BCUT2D eigenvalue weighted by atomic mass is 16.5. The molecule has 0 aliphatic carbocycles. The van der Waals surface area contributed by atoms with E-state index in [1.54, 1.807) is 0 Å². The number of nitrogens with zero attached hydrogens (tertiary/aromatic N) is 3. The molecule has 128 valence electrons. The van der Waals surface area contributed by atoms with Crippen LogP contribution >= 0.6 is 0 Å². The summed E-state index contributed by atoms with van der Waals surface area (Å²) in [7, 11) is 1.89. The van der Waals surface area contributed by atoms with Crippen LogP contribution in [0.4, 0.5) is 0 Å². The first kappa shape index (κ1) is 17.5. The zero-order chi connectivity index (χ0) is 16.2. The van der Waals surface area contributed by atoms with Crippen LogP contribution in [0.5, 0.6) is 0 Å². The van der Waals surface area contributed by atoms with E-state index in [1.807, 2.05) is 7.05 Å². The number of morpholine rings is 1. The zero-order valence-corrected chi connectivity index (χ0v) is 15.1. The van der Waals surface area contributed by atoms with Crippen molar-refractivity contribution in [1.29, 1.82) is 0 Å². The van der Waals surface area contributed by atoms with Gasteiger partial charge in [-0.3, -0.25) is 9.89 Å². The van der Waals surface area contributed by atoms with E-state index in [2.05, 4.69) is 47.8 Å². The summed E-state index contributed by atoms with van der Waals surface area (Å²) in [4.78, 5) is 9.35. The molecule has 2 aliphatic rings. The van der Waals surface area contributed by atoms with Crippen molar-refractivity contribution in [3.63, 3.8) is 0 Å². The molecule has 0 bridgehead atoms. The predicted molar refractivity (Wildman–Crippen MR) is 92.4 cm³/mol. The molecule has 2 unspecified atom stereocenters. The van der Waals surface area contributed by atoms with E-state index in [0.29, 0.717) is 17.6 Å². The van der Waals surface area contributed by atoms with E-state index in [9.17, 15) is 0 Å². The molecule has 0 amide bonds. The molecule has 0 spiro atoms. The summed E-state index contributed by atoms with van der Waals surface area (Å²) in [6.45, 7) is 15.4. The standard InChI is InChI=1S/C17H34N4O/c1-14-11-20(12-15(2)22-14)9-6-8-19-16(18-5)21-10-7-17(3,4)13-21/h14-15H,6-13H2,1-5H3,(H,18,19). The third-order valence-electron chi connectivity index (χ3n) is 4.62. The summed E-state index contributed by atoms with van der Waals surface area (Å²) < 4.78 is 5.78. The lowest BCUT2D eigenvalue weighted by Crippen LogP contribution is -2.46. The fourth-order valence-corrected chi connectivity index (χ4v) is 3.60. The van der Waals surface area contributed by atoms with E-state index in [0.717, 1.165) is 51.6 Å². The van der Waals surface area contributed by atoms with Crippen molar-refractivity contribution in [2.75, 3.05) is 46.3 Å². The van der Waals surface area contributed by atoms with Crippen molar-refractivity contribution in [1.82, 2.24) is 15.1 Å². The Morgan fingerprint density at radius 3 is 2.50 bits per heavy atom. The fourth-order valence-electron chi connectivity index (χ4n) is 3.60. The van der Waals surface area contributed by atoms with Crippen LogP contribution in [0.15, 0.2) is 4.99 Å². The van der Waals surface area contributed by atoms with Crippen LogP contribution in [0.3, 0.4) is 0 Å². The molecule has 5 heteroatoms. The molecule has 2 aliphatic heterocycles. The summed E-state index contributed by atoms with van der Waals surface area (Å²) >= 11 is 0. The van der Waals surface area contributed by atoms with Crippen LogP contribution in [-0.2, 0) is 4.74 Å². The monoisotopic (exact) mass is 310 g/mol. The second-order valence-electron chi connectivity index (χ2n) is 7.68. The molecule has 2 atom stereocenters. The van der Waals surface area contributed by atoms with Crippen LogP contribution < -0.4 is 5.32 Å². The van der Waals surface area contributed by atoms with E-state index in [-0.39, 0.29) is 0 Å². The molecule has 5 nitrogen and oxygen atoms in total. The highest BCUT2D eigenvalue weighted by Gasteiger charge is 2.30. The van der Waals surface area contributed by atoms with E-state index < -0.39 is 0 Å². The molecule has 0 radical (unpaired) electrons. The zero-order valence-electron chi connectivity index (χ0n) is 15.1. The Kier molecular flexibility index (Phi) is 6.09. The minimum atomic E-state index is 0.358. The molecule has 2 rings (SSSR count). The van der Waals surface area contributed by atoms with Gasteiger partial charge in [-0.05, 0) is 32.1 Å². The number of hydrogen-bond acceptors (Lipinski definition) is 3. The summed E-state index contributed by atoms with van der Waals surface area (Å²) in [5, 5.41) is 3.53. The number of hydrogen-bond donors (Lipinski definition) is 1. The lowest BCUT2D eigenvalue weighted by Gasteiger charge is -2.35. The van der Waals surface area contributed by atoms with Gasteiger partial charge in [-0.1, -0.05) is 13.8 Å². The number of nitrogens with one attached hydrogen (secondary N) is 1. The first-order chi connectivity index (χ1) is 10.4. The Morgan fingerprint density at radius 1 is 1.27 bits per heavy atom. The normalized spacial score (nSPS) is 29.9. The van der Waals surface area contributed by atoms with E-state index >= 15 is 0 Å². The SMILES string of the molecule is CN=C(NCCCN1CC(C)OC(C)C1)N1CCC(C)(C)C1. The van der Waals surface area contributed by atoms with Gasteiger partial charge in [-0.25, -0.2) is 0 Å². The van der Waals surface area contributed by atoms with Crippen LogP contribution in [-0.4, -0.2) is 74.3 Å².